The maximum Gasteiger partial charge on any atom is 0.160 e. The van der Waals surface area contributed by atoms with Crippen molar-refractivity contribution in [2.24, 2.45) is 0 Å². The van der Waals surface area contributed by atoms with Gasteiger partial charge in [-0.1, -0.05) is 11.6 Å². The van der Waals surface area contributed by atoms with Gasteiger partial charge in [-0.05, 0) is 13.1 Å². The SMILES string of the molecule is CN1CCOC(Cn2c(CCl)nc3cc(Cl)cnc32)C1. The fourth-order valence-corrected chi connectivity index (χ4v) is 2.86. The summed E-state index contributed by atoms with van der Waals surface area (Å²) in [6, 6.07) is 1.81. The Balaban J connectivity index is 1.93. The van der Waals surface area contributed by atoms with E-state index in [-0.39, 0.29) is 6.10 Å². The second-order valence-electron chi connectivity index (χ2n) is 5.02. The lowest BCUT2D eigenvalue weighted by atomic mass is 10.3. The van der Waals surface area contributed by atoms with Crippen molar-refractivity contribution >= 4 is 34.4 Å². The molecule has 1 atom stereocenters. The molecule has 2 aromatic heterocycles. The van der Waals surface area contributed by atoms with Crippen molar-refractivity contribution in [1.29, 1.82) is 0 Å². The van der Waals surface area contributed by atoms with E-state index in [2.05, 4.69) is 21.9 Å². The van der Waals surface area contributed by atoms with Crippen LogP contribution in [0.1, 0.15) is 5.82 Å². The standard InChI is InChI=1S/C13H16Cl2N4O/c1-18-2-3-20-10(7-18)8-19-12(5-14)17-11-4-9(15)6-16-13(11)19/h4,6,10H,2-3,5,7-8H2,1H3. The smallest absolute Gasteiger partial charge is 0.160 e. The molecule has 1 fully saturated rings. The highest BCUT2D eigenvalue weighted by Crippen LogP contribution is 2.20. The van der Waals surface area contributed by atoms with Crippen molar-refractivity contribution in [1.82, 2.24) is 19.4 Å². The summed E-state index contributed by atoms with van der Waals surface area (Å²) in [4.78, 5) is 11.1. The van der Waals surface area contributed by atoms with Crippen LogP contribution in [0.4, 0.5) is 0 Å². The minimum atomic E-state index is 0.130. The molecular weight excluding hydrogens is 299 g/mol. The Morgan fingerprint density at radius 2 is 2.35 bits per heavy atom. The topological polar surface area (TPSA) is 43.2 Å². The summed E-state index contributed by atoms with van der Waals surface area (Å²) in [6.07, 6.45) is 1.76. The summed E-state index contributed by atoms with van der Waals surface area (Å²) < 4.78 is 7.84. The van der Waals surface area contributed by atoms with Crippen LogP contribution in [0.3, 0.4) is 0 Å². The molecule has 0 spiro atoms. The Bertz CT molecular complexity index is 616. The van der Waals surface area contributed by atoms with Gasteiger partial charge in [-0.2, -0.15) is 0 Å². The van der Waals surface area contributed by atoms with Crippen LogP contribution in [0.15, 0.2) is 12.3 Å². The molecule has 0 aromatic carbocycles. The zero-order valence-corrected chi connectivity index (χ0v) is 12.7. The van der Waals surface area contributed by atoms with Gasteiger partial charge >= 0.3 is 0 Å². The van der Waals surface area contributed by atoms with E-state index in [1.54, 1.807) is 6.20 Å². The molecule has 0 radical (unpaired) electrons. The zero-order valence-electron chi connectivity index (χ0n) is 11.2. The van der Waals surface area contributed by atoms with E-state index in [0.29, 0.717) is 17.4 Å². The van der Waals surface area contributed by atoms with Crippen LogP contribution in [0.5, 0.6) is 0 Å². The van der Waals surface area contributed by atoms with E-state index >= 15 is 0 Å². The number of imidazole rings is 1. The van der Waals surface area contributed by atoms with Gasteiger partial charge in [-0.3, -0.25) is 0 Å². The van der Waals surface area contributed by atoms with Crippen molar-refractivity contribution in [2.75, 3.05) is 26.7 Å². The predicted octanol–water partition coefficient (Wildman–Crippen LogP) is 2.15. The van der Waals surface area contributed by atoms with Gasteiger partial charge < -0.3 is 14.2 Å². The summed E-state index contributed by atoms with van der Waals surface area (Å²) in [5, 5.41) is 0.580. The van der Waals surface area contributed by atoms with Crippen LogP contribution in [-0.2, 0) is 17.2 Å². The Morgan fingerprint density at radius 1 is 1.50 bits per heavy atom. The number of likely N-dealkylation sites (N-methyl/N-ethyl adjacent to an activating group) is 1. The highest BCUT2D eigenvalue weighted by molar-refractivity contribution is 6.31. The van der Waals surface area contributed by atoms with E-state index in [9.17, 15) is 0 Å². The van der Waals surface area contributed by atoms with Crippen molar-refractivity contribution in [3.63, 3.8) is 0 Å². The summed E-state index contributed by atoms with van der Waals surface area (Å²) in [5.74, 6) is 1.14. The Kier molecular flexibility index (Phi) is 4.12. The average Bonchev–Trinajstić information content (AvgIpc) is 2.76. The third-order valence-electron chi connectivity index (χ3n) is 3.48. The number of morpholine rings is 1. The van der Waals surface area contributed by atoms with E-state index in [1.165, 1.54) is 0 Å². The highest BCUT2D eigenvalue weighted by Gasteiger charge is 2.21. The molecular formula is C13H16Cl2N4O. The molecule has 20 heavy (non-hydrogen) atoms. The van der Waals surface area contributed by atoms with Crippen molar-refractivity contribution in [2.45, 2.75) is 18.5 Å². The van der Waals surface area contributed by atoms with E-state index < -0.39 is 0 Å². The maximum atomic E-state index is 5.99. The molecule has 1 aliphatic rings. The van der Waals surface area contributed by atoms with Gasteiger partial charge in [0.2, 0.25) is 0 Å². The number of hydrogen-bond acceptors (Lipinski definition) is 4. The minimum Gasteiger partial charge on any atom is -0.374 e. The number of nitrogens with zero attached hydrogens (tertiary/aromatic N) is 4. The number of hydrogen-bond donors (Lipinski definition) is 0. The fraction of sp³-hybridized carbons (Fsp3) is 0.538. The first-order chi connectivity index (χ1) is 9.67. The number of fused-ring (bicyclic) bond motifs is 1. The second-order valence-corrected chi connectivity index (χ2v) is 5.73. The first-order valence-electron chi connectivity index (χ1n) is 6.54. The average molecular weight is 315 g/mol. The van der Waals surface area contributed by atoms with Gasteiger partial charge in [-0.15, -0.1) is 11.6 Å². The maximum absolute atomic E-state index is 5.99. The lowest BCUT2D eigenvalue weighted by Gasteiger charge is -2.30. The third kappa shape index (κ3) is 2.76. The lowest BCUT2D eigenvalue weighted by Crippen LogP contribution is -2.42. The molecule has 5 nitrogen and oxygen atoms in total. The van der Waals surface area contributed by atoms with E-state index in [4.69, 9.17) is 27.9 Å². The molecule has 1 saturated heterocycles. The molecule has 7 heteroatoms. The summed E-state index contributed by atoms with van der Waals surface area (Å²) in [7, 11) is 2.10. The van der Waals surface area contributed by atoms with Crippen molar-refractivity contribution < 1.29 is 4.74 Å². The van der Waals surface area contributed by atoms with Gasteiger partial charge in [0.15, 0.2) is 5.65 Å². The lowest BCUT2D eigenvalue weighted by molar-refractivity contribution is -0.0272. The van der Waals surface area contributed by atoms with Crippen molar-refractivity contribution in [3.05, 3.63) is 23.1 Å². The number of rotatable bonds is 3. The predicted molar refractivity (Wildman–Crippen MR) is 79.3 cm³/mol. The van der Waals surface area contributed by atoms with Crippen LogP contribution in [0, 0.1) is 0 Å². The number of halogens is 2. The first kappa shape index (κ1) is 14.1. The summed E-state index contributed by atoms with van der Waals surface area (Å²) in [5.41, 5.74) is 1.58. The van der Waals surface area contributed by atoms with E-state index in [0.717, 1.165) is 36.7 Å². The van der Waals surface area contributed by atoms with Crippen LogP contribution >= 0.6 is 23.2 Å². The molecule has 0 aliphatic carbocycles. The largest absolute Gasteiger partial charge is 0.374 e. The molecule has 1 unspecified atom stereocenters. The van der Waals surface area contributed by atoms with Crippen LogP contribution in [0.25, 0.3) is 11.2 Å². The molecule has 0 bridgehead atoms. The molecule has 2 aromatic rings. The molecule has 1 aliphatic heterocycles. The fourth-order valence-electron chi connectivity index (χ4n) is 2.51. The Hall–Kier alpha value is -0.880. The molecule has 3 heterocycles. The molecule has 108 valence electrons. The van der Waals surface area contributed by atoms with Crippen LogP contribution in [-0.4, -0.2) is 52.3 Å². The van der Waals surface area contributed by atoms with Crippen LogP contribution in [0.2, 0.25) is 5.02 Å². The highest BCUT2D eigenvalue weighted by atomic mass is 35.5. The molecule has 3 rings (SSSR count). The summed E-state index contributed by atoms with van der Waals surface area (Å²) >= 11 is 12.0. The van der Waals surface area contributed by atoms with Crippen molar-refractivity contribution in [3.8, 4) is 0 Å². The monoisotopic (exact) mass is 314 g/mol. The Labute approximate surface area is 127 Å². The molecule has 0 amide bonds. The van der Waals surface area contributed by atoms with E-state index in [1.807, 2.05) is 10.6 Å². The molecule has 0 N–H and O–H groups in total. The molecule has 0 saturated carbocycles. The summed E-state index contributed by atoms with van der Waals surface area (Å²) in [6.45, 7) is 3.33. The first-order valence-corrected chi connectivity index (χ1v) is 7.45. The number of aromatic nitrogens is 3. The quantitative estimate of drug-likeness (QED) is 0.814. The minimum absolute atomic E-state index is 0.130. The van der Waals surface area contributed by atoms with Gasteiger partial charge in [0.05, 0.1) is 30.2 Å². The van der Waals surface area contributed by atoms with Gasteiger partial charge in [-0.25, -0.2) is 9.97 Å². The van der Waals surface area contributed by atoms with Gasteiger partial charge in [0.1, 0.15) is 11.3 Å². The number of alkyl halides is 1. The number of pyridine rings is 1. The second kappa shape index (κ2) is 5.85. The van der Waals surface area contributed by atoms with Gasteiger partial charge in [0.25, 0.3) is 0 Å². The number of ether oxygens (including phenoxy) is 1. The van der Waals surface area contributed by atoms with Crippen LogP contribution < -0.4 is 0 Å². The Morgan fingerprint density at radius 3 is 3.10 bits per heavy atom. The normalized spacial score (nSPS) is 20.6. The third-order valence-corrected chi connectivity index (χ3v) is 3.92. The van der Waals surface area contributed by atoms with Gasteiger partial charge in [0, 0.05) is 19.3 Å². The zero-order chi connectivity index (χ0) is 14.1.